The molecule has 1 aliphatic rings. The molecule has 4 amide bonds. The first-order valence-electron chi connectivity index (χ1n) is 8.97. The fraction of sp³-hybridized carbons (Fsp3) is 0.190. The molecule has 2 aromatic rings. The van der Waals surface area contributed by atoms with E-state index in [1.807, 2.05) is 0 Å². The van der Waals surface area contributed by atoms with Crippen molar-refractivity contribution in [1.29, 1.82) is 0 Å². The number of carbonyl (C=O) groups excluding carboxylic acids is 3. The third kappa shape index (κ3) is 4.19. The van der Waals surface area contributed by atoms with E-state index in [1.165, 1.54) is 27.4 Å². The first kappa shape index (κ1) is 20.7. The summed E-state index contributed by atoms with van der Waals surface area (Å²) < 4.78 is 15.8. The van der Waals surface area contributed by atoms with Crippen LogP contribution in [0.4, 0.5) is 10.5 Å². The van der Waals surface area contributed by atoms with Crippen LogP contribution < -0.4 is 24.8 Å². The maximum Gasteiger partial charge on any atom is 0.329 e. The Morgan fingerprint density at radius 3 is 2.40 bits per heavy atom. The quantitative estimate of drug-likeness (QED) is 0.535. The lowest BCUT2D eigenvalue weighted by molar-refractivity contribution is -0.127. The van der Waals surface area contributed by atoms with Gasteiger partial charge in [-0.05, 0) is 24.3 Å². The van der Waals surface area contributed by atoms with Crippen LogP contribution in [0, 0.1) is 0 Å². The van der Waals surface area contributed by atoms with E-state index in [9.17, 15) is 14.4 Å². The highest BCUT2D eigenvalue weighted by molar-refractivity contribution is 6.16. The lowest BCUT2D eigenvalue weighted by Gasteiger charge is -2.13. The highest BCUT2D eigenvalue weighted by Crippen LogP contribution is 2.32. The van der Waals surface area contributed by atoms with Crippen LogP contribution in [-0.4, -0.2) is 50.6 Å². The first-order valence-corrected chi connectivity index (χ1v) is 8.97. The minimum atomic E-state index is -0.691. The molecule has 1 aliphatic heterocycles. The molecular weight excluding hydrogens is 390 g/mol. The van der Waals surface area contributed by atoms with Crippen LogP contribution in [0.5, 0.6) is 17.2 Å². The van der Waals surface area contributed by atoms with Gasteiger partial charge in [0.2, 0.25) is 5.91 Å². The number of nitrogens with one attached hydrogen (secondary N) is 2. The normalized spacial score (nSPS) is 14.5. The van der Waals surface area contributed by atoms with Crippen molar-refractivity contribution in [1.82, 2.24) is 10.2 Å². The molecule has 156 valence electrons. The standard InChI is InChI=1S/C21H21N3O6/c1-28-16-9-5-4-8-14(16)22-18(25)12-24-20(26)15(23-21(24)27)11-13-7-6-10-17(29-2)19(13)30-3/h4-11H,12H2,1-3H3,(H,22,25)(H,23,27)/b15-11+. The van der Waals surface area contributed by atoms with E-state index in [2.05, 4.69) is 10.6 Å². The van der Waals surface area contributed by atoms with E-state index in [4.69, 9.17) is 14.2 Å². The summed E-state index contributed by atoms with van der Waals surface area (Å²) in [7, 11) is 4.45. The molecule has 0 bridgehead atoms. The van der Waals surface area contributed by atoms with Gasteiger partial charge in [-0.15, -0.1) is 0 Å². The second-order valence-electron chi connectivity index (χ2n) is 6.21. The van der Waals surface area contributed by atoms with Gasteiger partial charge in [-0.2, -0.15) is 0 Å². The molecule has 0 atom stereocenters. The molecule has 9 nitrogen and oxygen atoms in total. The maximum atomic E-state index is 12.7. The zero-order chi connectivity index (χ0) is 21.7. The molecule has 0 radical (unpaired) electrons. The molecule has 0 aliphatic carbocycles. The third-order valence-corrected chi connectivity index (χ3v) is 4.38. The van der Waals surface area contributed by atoms with Gasteiger partial charge in [0.15, 0.2) is 11.5 Å². The van der Waals surface area contributed by atoms with Crippen LogP contribution in [0.3, 0.4) is 0 Å². The van der Waals surface area contributed by atoms with Crippen molar-refractivity contribution in [2.45, 2.75) is 0 Å². The number of ether oxygens (including phenoxy) is 3. The largest absolute Gasteiger partial charge is 0.495 e. The summed E-state index contributed by atoms with van der Waals surface area (Å²) in [5, 5.41) is 5.11. The summed E-state index contributed by atoms with van der Waals surface area (Å²) in [4.78, 5) is 38.2. The summed E-state index contributed by atoms with van der Waals surface area (Å²) in [6.45, 7) is -0.449. The summed E-state index contributed by atoms with van der Waals surface area (Å²) in [6, 6.07) is 11.3. The van der Waals surface area contributed by atoms with Crippen LogP contribution in [0.2, 0.25) is 0 Å². The van der Waals surface area contributed by atoms with Crippen LogP contribution >= 0.6 is 0 Å². The van der Waals surface area contributed by atoms with E-state index < -0.39 is 24.4 Å². The fourth-order valence-corrected chi connectivity index (χ4v) is 2.98. The average molecular weight is 411 g/mol. The predicted octanol–water partition coefficient (Wildman–Crippen LogP) is 2.24. The second-order valence-corrected chi connectivity index (χ2v) is 6.21. The van der Waals surface area contributed by atoms with Gasteiger partial charge in [-0.1, -0.05) is 24.3 Å². The van der Waals surface area contributed by atoms with Gasteiger partial charge >= 0.3 is 6.03 Å². The number of imide groups is 1. The number of hydrogen-bond donors (Lipinski definition) is 2. The van der Waals surface area contributed by atoms with E-state index in [-0.39, 0.29) is 5.70 Å². The van der Waals surface area contributed by atoms with Crippen LogP contribution in [-0.2, 0) is 9.59 Å². The van der Waals surface area contributed by atoms with E-state index in [0.29, 0.717) is 28.5 Å². The monoisotopic (exact) mass is 411 g/mol. The van der Waals surface area contributed by atoms with Crippen LogP contribution in [0.1, 0.15) is 5.56 Å². The molecule has 3 rings (SSSR count). The number of amides is 4. The number of urea groups is 1. The number of anilines is 1. The summed E-state index contributed by atoms with van der Waals surface area (Å²) in [5.41, 5.74) is 1.01. The average Bonchev–Trinajstić information content (AvgIpc) is 3.01. The van der Waals surface area contributed by atoms with Crippen molar-refractivity contribution < 1.29 is 28.6 Å². The smallest absolute Gasteiger partial charge is 0.329 e. The van der Waals surface area contributed by atoms with Crippen molar-refractivity contribution in [2.24, 2.45) is 0 Å². The SMILES string of the molecule is COc1ccccc1NC(=O)CN1C(=O)N/C(=C/c2cccc(OC)c2OC)C1=O. The molecule has 2 aromatic carbocycles. The molecule has 1 heterocycles. The Hall–Kier alpha value is -4.01. The van der Waals surface area contributed by atoms with Gasteiger partial charge in [0.25, 0.3) is 5.91 Å². The number of para-hydroxylation sites is 3. The Kier molecular flexibility index (Phi) is 6.21. The van der Waals surface area contributed by atoms with E-state index in [0.717, 1.165) is 4.90 Å². The fourth-order valence-electron chi connectivity index (χ4n) is 2.98. The maximum absolute atomic E-state index is 12.7. The second kappa shape index (κ2) is 8.99. The van der Waals surface area contributed by atoms with Crippen molar-refractivity contribution in [3.05, 3.63) is 53.7 Å². The molecule has 0 spiro atoms. The Bertz CT molecular complexity index is 1020. The Morgan fingerprint density at radius 2 is 1.70 bits per heavy atom. The Balaban J connectivity index is 1.77. The zero-order valence-corrected chi connectivity index (χ0v) is 16.7. The Morgan fingerprint density at radius 1 is 1.00 bits per heavy atom. The van der Waals surface area contributed by atoms with Gasteiger partial charge in [0.05, 0.1) is 27.0 Å². The molecular formula is C21H21N3O6. The number of hydrogen-bond acceptors (Lipinski definition) is 6. The summed E-state index contributed by atoms with van der Waals surface area (Å²) >= 11 is 0. The van der Waals surface area contributed by atoms with Gasteiger partial charge in [-0.3, -0.25) is 9.59 Å². The summed E-state index contributed by atoms with van der Waals surface area (Å²) in [6.07, 6.45) is 1.47. The molecule has 1 saturated heterocycles. The third-order valence-electron chi connectivity index (χ3n) is 4.38. The Labute approximate surface area is 173 Å². The molecule has 0 unspecified atom stereocenters. The molecule has 0 saturated carbocycles. The van der Waals surface area contributed by atoms with Gasteiger partial charge < -0.3 is 24.8 Å². The lowest BCUT2D eigenvalue weighted by atomic mass is 10.1. The van der Waals surface area contributed by atoms with E-state index in [1.54, 1.807) is 42.5 Å². The zero-order valence-electron chi connectivity index (χ0n) is 16.7. The van der Waals surface area contributed by atoms with Crippen LogP contribution in [0.25, 0.3) is 6.08 Å². The van der Waals surface area contributed by atoms with Gasteiger partial charge in [0, 0.05) is 5.56 Å². The van der Waals surface area contributed by atoms with E-state index >= 15 is 0 Å². The first-order chi connectivity index (χ1) is 14.5. The number of carbonyl (C=O) groups is 3. The minimum Gasteiger partial charge on any atom is -0.495 e. The van der Waals surface area contributed by atoms with Crippen molar-refractivity contribution in [3.8, 4) is 17.2 Å². The number of methoxy groups -OCH3 is 3. The number of nitrogens with zero attached hydrogens (tertiary/aromatic N) is 1. The number of rotatable bonds is 7. The summed E-state index contributed by atoms with van der Waals surface area (Å²) in [5.74, 6) is 0.204. The predicted molar refractivity (Wildman–Crippen MR) is 109 cm³/mol. The molecule has 0 aromatic heterocycles. The topological polar surface area (TPSA) is 106 Å². The minimum absolute atomic E-state index is 0.0247. The highest BCUT2D eigenvalue weighted by atomic mass is 16.5. The lowest BCUT2D eigenvalue weighted by Crippen LogP contribution is -2.38. The highest BCUT2D eigenvalue weighted by Gasteiger charge is 2.35. The van der Waals surface area contributed by atoms with Crippen molar-refractivity contribution in [3.63, 3.8) is 0 Å². The van der Waals surface area contributed by atoms with Crippen molar-refractivity contribution >= 4 is 29.6 Å². The molecule has 9 heteroatoms. The molecule has 30 heavy (non-hydrogen) atoms. The van der Waals surface area contributed by atoms with Gasteiger partial charge in [-0.25, -0.2) is 9.69 Å². The molecule has 2 N–H and O–H groups in total. The molecule has 1 fully saturated rings. The van der Waals surface area contributed by atoms with Gasteiger partial charge in [0.1, 0.15) is 18.0 Å². The van der Waals surface area contributed by atoms with Crippen LogP contribution in [0.15, 0.2) is 48.2 Å². The number of benzene rings is 2. The van der Waals surface area contributed by atoms with Crippen molar-refractivity contribution in [2.75, 3.05) is 33.2 Å².